The molecule has 0 spiro atoms. The fourth-order valence-corrected chi connectivity index (χ4v) is 2.69. The number of carbonyl (C=O) groups is 1. The first kappa shape index (κ1) is 19.4. The first-order chi connectivity index (χ1) is 12.5. The van der Waals surface area contributed by atoms with Gasteiger partial charge in [-0.25, -0.2) is 4.79 Å². The lowest BCUT2D eigenvalue weighted by atomic mass is 10.0. The Hall–Kier alpha value is -2.89. The lowest BCUT2D eigenvalue weighted by Crippen LogP contribution is -2.36. The third-order valence-corrected chi connectivity index (χ3v) is 4.10. The molecule has 0 radical (unpaired) electrons. The van der Waals surface area contributed by atoms with Crippen LogP contribution >= 0.6 is 0 Å². The number of nitrogens with one attached hydrogen (secondary N) is 2. The lowest BCUT2D eigenvalue weighted by Gasteiger charge is -2.18. The van der Waals surface area contributed by atoms with Crippen LogP contribution in [0.2, 0.25) is 0 Å². The molecule has 2 rings (SSSR count). The van der Waals surface area contributed by atoms with Gasteiger partial charge in [0, 0.05) is 12.1 Å². The normalized spacial score (nSPS) is 11.4. The standard InChI is InChI=1S/C20H26N2O4/c1-13-6-8-17(24-3)16(10-13)14(2)22-20(23)21-12-15-7-9-18(25-4)19(11-15)26-5/h6-11,14H,12H2,1-5H3,(H2,21,22,23). The van der Waals surface area contributed by atoms with E-state index in [4.69, 9.17) is 14.2 Å². The van der Waals surface area contributed by atoms with Crippen LogP contribution in [0.1, 0.15) is 29.7 Å². The van der Waals surface area contributed by atoms with Crippen molar-refractivity contribution in [2.45, 2.75) is 26.4 Å². The molecule has 0 heterocycles. The van der Waals surface area contributed by atoms with Gasteiger partial charge in [0.2, 0.25) is 0 Å². The highest BCUT2D eigenvalue weighted by Gasteiger charge is 2.14. The quantitative estimate of drug-likeness (QED) is 0.794. The molecule has 140 valence electrons. The zero-order valence-electron chi connectivity index (χ0n) is 15.9. The molecule has 6 nitrogen and oxygen atoms in total. The topological polar surface area (TPSA) is 68.8 Å². The van der Waals surface area contributed by atoms with E-state index >= 15 is 0 Å². The summed E-state index contributed by atoms with van der Waals surface area (Å²) in [7, 11) is 4.79. The van der Waals surface area contributed by atoms with Gasteiger partial charge in [0.1, 0.15) is 5.75 Å². The van der Waals surface area contributed by atoms with Crippen molar-refractivity contribution in [3.05, 3.63) is 53.1 Å². The first-order valence-electron chi connectivity index (χ1n) is 8.38. The molecule has 0 aliphatic carbocycles. The molecule has 0 aromatic heterocycles. The van der Waals surface area contributed by atoms with Gasteiger partial charge >= 0.3 is 6.03 Å². The number of methoxy groups -OCH3 is 3. The summed E-state index contributed by atoms with van der Waals surface area (Å²) in [5, 5.41) is 5.79. The fourth-order valence-electron chi connectivity index (χ4n) is 2.69. The van der Waals surface area contributed by atoms with Crippen molar-refractivity contribution in [3.8, 4) is 17.2 Å². The minimum absolute atomic E-state index is 0.185. The maximum atomic E-state index is 12.2. The fraction of sp³-hybridized carbons (Fsp3) is 0.350. The summed E-state index contributed by atoms with van der Waals surface area (Å²) < 4.78 is 15.9. The van der Waals surface area contributed by atoms with Gasteiger partial charge in [0.15, 0.2) is 11.5 Å². The van der Waals surface area contributed by atoms with Crippen molar-refractivity contribution >= 4 is 6.03 Å². The maximum absolute atomic E-state index is 12.2. The summed E-state index contributed by atoms with van der Waals surface area (Å²) >= 11 is 0. The molecule has 0 saturated heterocycles. The predicted molar refractivity (Wildman–Crippen MR) is 101 cm³/mol. The Labute approximate surface area is 154 Å². The Kier molecular flexibility index (Phi) is 6.72. The van der Waals surface area contributed by atoms with Crippen molar-refractivity contribution in [2.75, 3.05) is 21.3 Å². The Morgan fingerprint density at radius 3 is 2.27 bits per heavy atom. The highest BCUT2D eigenvalue weighted by Crippen LogP contribution is 2.28. The van der Waals surface area contributed by atoms with Gasteiger partial charge < -0.3 is 24.8 Å². The molecule has 0 saturated carbocycles. The van der Waals surface area contributed by atoms with Gasteiger partial charge in [-0.1, -0.05) is 23.8 Å². The van der Waals surface area contributed by atoms with E-state index in [1.165, 1.54) is 0 Å². The van der Waals surface area contributed by atoms with E-state index in [0.29, 0.717) is 18.0 Å². The molecule has 26 heavy (non-hydrogen) atoms. The van der Waals surface area contributed by atoms with Crippen LogP contribution in [0, 0.1) is 6.92 Å². The van der Waals surface area contributed by atoms with E-state index in [1.54, 1.807) is 21.3 Å². The predicted octanol–water partition coefficient (Wildman–Crippen LogP) is 3.58. The Morgan fingerprint density at radius 2 is 1.62 bits per heavy atom. The van der Waals surface area contributed by atoms with Gasteiger partial charge in [-0.3, -0.25) is 0 Å². The number of benzene rings is 2. The lowest BCUT2D eigenvalue weighted by molar-refractivity contribution is 0.237. The average molecular weight is 358 g/mol. The van der Waals surface area contributed by atoms with E-state index in [1.807, 2.05) is 50.2 Å². The van der Waals surface area contributed by atoms with Crippen LogP contribution in [0.3, 0.4) is 0 Å². The van der Waals surface area contributed by atoms with E-state index < -0.39 is 0 Å². The second-order valence-electron chi connectivity index (χ2n) is 5.98. The Morgan fingerprint density at radius 1 is 0.962 bits per heavy atom. The number of ether oxygens (including phenoxy) is 3. The summed E-state index contributed by atoms with van der Waals surface area (Å²) in [6, 6.07) is 11.0. The SMILES string of the molecule is COc1ccc(CNC(=O)NC(C)c2cc(C)ccc2OC)cc1OC. The number of urea groups is 1. The van der Waals surface area contributed by atoms with Crippen LogP contribution < -0.4 is 24.8 Å². The molecule has 2 aromatic carbocycles. The minimum atomic E-state index is -0.254. The molecule has 2 aromatic rings. The Bertz CT molecular complexity index is 761. The molecule has 0 bridgehead atoms. The molecule has 0 fully saturated rings. The molecular formula is C20H26N2O4. The summed E-state index contributed by atoms with van der Waals surface area (Å²) in [4.78, 5) is 12.2. The van der Waals surface area contributed by atoms with Gasteiger partial charge in [-0.2, -0.15) is 0 Å². The average Bonchev–Trinajstić information content (AvgIpc) is 2.65. The largest absolute Gasteiger partial charge is 0.496 e. The highest BCUT2D eigenvalue weighted by molar-refractivity contribution is 5.74. The zero-order valence-corrected chi connectivity index (χ0v) is 15.9. The highest BCUT2D eigenvalue weighted by atomic mass is 16.5. The van der Waals surface area contributed by atoms with Gasteiger partial charge in [0.05, 0.1) is 27.4 Å². The molecule has 2 amide bonds. The van der Waals surface area contributed by atoms with Crippen LogP contribution in [0.15, 0.2) is 36.4 Å². The number of hydrogen-bond acceptors (Lipinski definition) is 4. The van der Waals surface area contributed by atoms with Crippen LogP contribution in [0.25, 0.3) is 0 Å². The molecule has 1 unspecified atom stereocenters. The van der Waals surface area contributed by atoms with E-state index in [0.717, 1.165) is 22.4 Å². The smallest absolute Gasteiger partial charge is 0.315 e. The summed E-state index contributed by atoms with van der Waals surface area (Å²) in [6.07, 6.45) is 0. The second-order valence-corrected chi connectivity index (χ2v) is 5.98. The molecule has 6 heteroatoms. The Balaban J connectivity index is 1.98. The van der Waals surface area contributed by atoms with E-state index in [2.05, 4.69) is 10.6 Å². The zero-order chi connectivity index (χ0) is 19.1. The molecule has 0 aliphatic heterocycles. The van der Waals surface area contributed by atoms with Gasteiger partial charge in [-0.05, 0) is 37.6 Å². The van der Waals surface area contributed by atoms with E-state index in [-0.39, 0.29) is 12.1 Å². The molecular weight excluding hydrogens is 332 g/mol. The van der Waals surface area contributed by atoms with Crippen LogP contribution in [-0.2, 0) is 6.54 Å². The third kappa shape index (κ3) is 4.81. The van der Waals surface area contributed by atoms with Gasteiger partial charge in [-0.15, -0.1) is 0 Å². The van der Waals surface area contributed by atoms with E-state index in [9.17, 15) is 4.79 Å². The summed E-state index contributed by atoms with van der Waals surface area (Å²) in [5.41, 5.74) is 2.97. The van der Waals surface area contributed by atoms with Crippen LogP contribution in [0.4, 0.5) is 4.79 Å². The first-order valence-corrected chi connectivity index (χ1v) is 8.38. The number of hydrogen-bond donors (Lipinski definition) is 2. The minimum Gasteiger partial charge on any atom is -0.496 e. The van der Waals surface area contributed by atoms with Gasteiger partial charge in [0.25, 0.3) is 0 Å². The molecule has 1 atom stereocenters. The number of amides is 2. The maximum Gasteiger partial charge on any atom is 0.315 e. The second kappa shape index (κ2) is 8.99. The number of rotatable bonds is 7. The van der Waals surface area contributed by atoms with Crippen LogP contribution in [-0.4, -0.2) is 27.4 Å². The van der Waals surface area contributed by atoms with Crippen molar-refractivity contribution in [1.29, 1.82) is 0 Å². The molecule has 2 N–H and O–H groups in total. The van der Waals surface area contributed by atoms with Crippen molar-refractivity contribution in [2.24, 2.45) is 0 Å². The number of carbonyl (C=O) groups excluding carboxylic acids is 1. The third-order valence-electron chi connectivity index (χ3n) is 4.10. The van der Waals surface area contributed by atoms with Crippen LogP contribution in [0.5, 0.6) is 17.2 Å². The number of aryl methyl sites for hydroxylation is 1. The van der Waals surface area contributed by atoms with Crippen molar-refractivity contribution < 1.29 is 19.0 Å². The summed E-state index contributed by atoms with van der Waals surface area (Å²) in [6.45, 7) is 4.31. The van der Waals surface area contributed by atoms with Crippen molar-refractivity contribution in [1.82, 2.24) is 10.6 Å². The monoisotopic (exact) mass is 358 g/mol. The molecule has 0 aliphatic rings. The summed E-state index contributed by atoms with van der Waals surface area (Å²) in [5.74, 6) is 2.04. The van der Waals surface area contributed by atoms with Crippen molar-refractivity contribution in [3.63, 3.8) is 0 Å².